The molecule has 1 atom stereocenters. The van der Waals surface area contributed by atoms with Gasteiger partial charge in [0.25, 0.3) is 0 Å². The quantitative estimate of drug-likeness (QED) is 0.730. The monoisotopic (exact) mass is 328 g/mol. The number of likely N-dealkylation sites (N-methyl/N-ethyl adjacent to an activating group) is 2. The van der Waals surface area contributed by atoms with Crippen molar-refractivity contribution in [2.45, 2.75) is 5.50 Å². The Hall–Kier alpha value is 0.570. The molecule has 0 radical (unpaired) electrons. The molecule has 1 unspecified atom stereocenters. The Balaban J connectivity index is 0.00000225. The highest BCUT2D eigenvalue weighted by Crippen LogP contribution is 2.37. The van der Waals surface area contributed by atoms with Crippen LogP contribution in [0.5, 0.6) is 0 Å². The van der Waals surface area contributed by atoms with Crippen LogP contribution in [0.1, 0.15) is 0 Å². The Morgan fingerprint density at radius 2 is 1.75 bits per heavy atom. The highest BCUT2D eigenvalue weighted by Gasteiger charge is 2.23. The summed E-state index contributed by atoms with van der Waals surface area (Å²) in [6, 6.07) is 0. The van der Waals surface area contributed by atoms with E-state index in [0.29, 0.717) is 0 Å². The minimum atomic E-state index is 0. The Bertz CT molecular complexity index is 236. The lowest BCUT2D eigenvalue weighted by Gasteiger charge is -2.19. The number of halogens is 1. The molecular weight excluding hydrogens is 308 g/mol. The van der Waals surface area contributed by atoms with E-state index in [-0.39, 0.29) is 22.5 Å². The molecule has 1 heterocycles. The first kappa shape index (κ1) is 16.6. The largest absolute Gasteiger partial charge is 0.353 e. The van der Waals surface area contributed by atoms with Crippen molar-refractivity contribution in [1.82, 2.24) is 14.7 Å². The van der Waals surface area contributed by atoms with Crippen molar-refractivity contribution in [3.63, 3.8) is 0 Å². The minimum absolute atomic E-state index is 0. The van der Waals surface area contributed by atoms with Crippen molar-refractivity contribution in [3.05, 3.63) is 0 Å². The molecule has 4 nitrogen and oxygen atoms in total. The van der Waals surface area contributed by atoms with E-state index in [0.717, 1.165) is 18.3 Å². The fourth-order valence-corrected chi connectivity index (χ4v) is 3.62. The van der Waals surface area contributed by atoms with E-state index in [9.17, 15) is 0 Å². The molecular formula is C9H21BrN4S2. The Kier molecular flexibility index (Phi) is 8.09. The third-order valence-electron chi connectivity index (χ3n) is 2.08. The summed E-state index contributed by atoms with van der Waals surface area (Å²) in [7, 11) is 14.0. The number of nitrogens with zero attached hydrogens (tertiary/aromatic N) is 4. The molecule has 0 saturated heterocycles. The zero-order chi connectivity index (χ0) is 11.4. The van der Waals surface area contributed by atoms with Gasteiger partial charge in [-0.25, -0.2) is 4.99 Å². The molecule has 0 aromatic carbocycles. The van der Waals surface area contributed by atoms with Gasteiger partial charge in [-0.05, 0) is 49.8 Å². The van der Waals surface area contributed by atoms with Crippen molar-refractivity contribution in [2.75, 3.05) is 48.3 Å². The third-order valence-corrected chi connectivity index (χ3v) is 4.69. The van der Waals surface area contributed by atoms with E-state index in [1.807, 2.05) is 0 Å². The lowest BCUT2D eigenvalue weighted by Crippen LogP contribution is -2.31. The van der Waals surface area contributed by atoms with Crippen LogP contribution in [0.2, 0.25) is 0 Å². The van der Waals surface area contributed by atoms with Crippen LogP contribution in [-0.4, -0.2) is 73.7 Å². The highest BCUT2D eigenvalue weighted by atomic mass is 79.9. The fraction of sp³-hybridized carbons (Fsp3) is 0.889. The van der Waals surface area contributed by atoms with E-state index < -0.39 is 0 Å². The Morgan fingerprint density at radius 3 is 2.19 bits per heavy atom. The molecule has 1 rings (SSSR count). The number of hydrogen-bond acceptors (Lipinski definition) is 6. The number of aliphatic imine (C=N–C) groups is 1. The molecule has 7 heteroatoms. The Morgan fingerprint density at radius 1 is 1.12 bits per heavy atom. The topological polar surface area (TPSA) is 22.1 Å². The van der Waals surface area contributed by atoms with Gasteiger partial charge in [0.05, 0.1) is 0 Å². The second kappa shape index (κ2) is 7.81. The standard InChI is InChI=1S/C9H20N4S2.BrH/c1-11(2)6-7-13(5)9-10-8(12(3)4)14-15-9;/h8H,6-7H2,1-5H3;1H. The lowest BCUT2D eigenvalue weighted by atomic mass is 10.5. The SMILES string of the molecule is Br.CN(C)CCN(C)C1=NC(N(C)C)SS1. The number of hydrogen-bond donors (Lipinski definition) is 0. The molecule has 0 amide bonds. The van der Waals surface area contributed by atoms with E-state index >= 15 is 0 Å². The van der Waals surface area contributed by atoms with Crippen LogP contribution in [0.15, 0.2) is 4.99 Å². The molecule has 0 fully saturated rings. The van der Waals surface area contributed by atoms with Gasteiger partial charge in [-0.3, -0.25) is 4.90 Å². The summed E-state index contributed by atoms with van der Waals surface area (Å²) in [4.78, 5) is 11.2. The first-order chi connectivity index (χ1) is 7.00. The second-order valence-corrected chi connectivity index (χ2v) is 6.33. The fourth-order valence-electron chi connectivity index (χ4n) is 1.03. The van der Waals surface area contributed by atoms with Gasteiger partial charge in [-0.1, -0.05) is 0 Å². The molecule has 96 valence electrons. The molecule has 1 aliphatic heterocycles. The maximum atomic E-state index is 4.64. The van der Waals surface area contributed by atoms with Gasteiger partial charge in [-0.15, -0.1) is 17.0 Å². The molecule has 0 aromatic rings. The first-order valence-corrected chi connectivity index (χ1v) is 7.15. The van der Waals surface area contributed by atoms with Crippen molar-refractivity contribution in [1.29, 1.82) is 0 Å². The van der Waals surface area contributed by atoms with Crippen molar-refractivity contribution in [2.24, 2.45) is 4.99 Å². The van der Waals surface area contributed by atoms with Crippen molar-refractivity contribution >= 4 is 43.7 Å². The molecule has 16 heavy (non-hydrogen) atoms. The number of rotatable bonds is 4. The zero-order valence-electron chi connectivity index (χ0n) is 10.5. The molecule has 0 spiro atoms. The van der Waals surface area contributed by atoms with Crippen LogP contribution in [0.25, 0.3) is 0 Å². The summed E-state index contributed by atoms with van der Waals surface area (Å²) in [6.45, 7) is 2.09. The summed E-state index contributed by atoms with van der Waals surface area (Å²) < 4.78 is 0. The first-order valence-electron chi connectivity index (χ1n) is 4.94. The average Bonchev–Trinajstić information content (AvgIpc) is 2.62. The average molecular weight is 329 g/mol. The van der Waals surface area contributed by atoms with E-state index in [1.54, 1.807) is 21.6 Å². The molecule has 0 aromatic heterocycles. The van der Waals surface area contributed by atoms with Crippen LogP contribution in [0.4, 0.5) is 0 Å². The lowest BCUT2D eigenvalue weighted by molar-refractivity contribution is 0.355. The van der Waals surface area contributed by atoms with E-state index in [1.165, 1.54) is 0 Å². The second-order valence-electron chi connectivity index (χ2n) is 4.11. The van der Waals surface area contributed by atoms with Gasteiger partial charge >= 0.3 is 0 Å². The van der Waals surface area contributed by atoms with Gasteiger partial charge < -0.3 is 9.80 Å². The molecule has 0 saturated carbocycles. The third kappa shape index (κ3) is 5.27. The van der Waals surface area contributed by atoms with E-state index in [2.05, 4.69) is 54.9 Å². The summed E-state index contributed by atoms with van der Waals surface area (Å²) in [6.07, 6.45) is 0. The smallest absolute Gasteiger partial charge is 0.172 e. The van der Waals surface area contributed by atoms with Gasteiger partial charge in [0.1, 0.15) is 0 Å². The van der Waals surface area contributed by atoms with Crippen LogP contribution >= 0.6 is 38.6 Å². The molecule has 0 bridgehead atoms. The summed E-state index contributed by atoms with van der Waals surface area (Å²) in [5.41, 5.74) is 0.270. The highest BCUT2D eigenvalue weighted by molar-refractivity contribution is 8.93. The zero-order valence-corrected chi connectivity index (χ0v) is 13.9. The van der Waals surface area contributed by atoms with Crippen LogP contribution in [0.3, 0.4) is 0 Å². The predicted molar refractivity (Wildman–Crippen MR) is 81.6 cm³/mol. The van der Waals surface area contributed by atoms with Crippen LogP contribution in [0, 0.1) is 0 Å². The van der Waals surface area contributed by atoms with Crippen LogP contribution in [-0.2, 0) is 0 Å². The maximum Gasteiger partial charge on any atom is 0.172 e. The molecule has 1 aliphatic rings. The summed E-state index contributed by atoms with van der Waals surface area (Å²) in [5.74, 6) is 0. The molecule has 0 aliphatic carbocycles. The van der Waals surface area contributed by atoms with Gasteiger partial charge in [0.2, 0.25) is 0 Å². The Labute approximate surface area is 117 Å². The normalized spacial score (nSPS) is 19.9. The minimum Gasteiger partial charge on any atom is -0.353 e. The summed E-state index contributed by atoms with van der Waals surface area (Å²) >= 11 is 0. The van der Waals surface area contributed by atoms with Gasteiger partial charge in [0.15, 0.2) is 10.7 Å². The predicted octanol–water partition coefficient (Wildman–Crippen LogP) is 1.65. The number of amidine groups is 1. The van der Waals surface area contributed by atoms with E-state index in [4.69, 9.17) is 0 Å². The molecule has 0 N–H and O–H groups in total. The summed E-state index contributed by atoms with van der Waals surface area (Å²) in [5, 5.41) is 1.14. The van der Waals surface area contributed by atoms with Crippen molar-refractivity contribution < 1.29 is 0 Å². The van der Waals surface area contributed by atoms with Crippen LogP contribution < -0.4 is 0 Å². The maximum absolute atomic E-state index is 4.64. The van der Waals surface area contributed by atoms with Gasteiger partial charge in [0, 0.05) is 20.1 Å². The van der Waals surface area contributed by atoms with Gasteiger partial charge in [-0.2, -0.15) is 0 Å². The van der Waals surface area contributed by atoms with Crippen molar-refractivity contribution in [3.8, 4) is 0 Å².